The monoisotopic (exact) mass is 383 g/mol. The van der Waals surface area contributed by atoms with Crippen LogP contribution in [0.3, 0.4) is 0 Å². The van der Waals surface area contributed by atoms with Crippen LogP contribution in [0.2, 0.25) is 0 Å². The molecule has 0 saturated carbocycles. The molecule has 2 aromatic carbocycles. The Kier molecular flexibility index (Phi) is 6.49. The van der Waals surface area contributed by atoms with Crippen LogP contribution < -0.4 is 14.8 Å². The summed E-state index contributed by atoms with van der Waals surface area (Å²) in [6.07, 6.45) is 0. The van der Waals surface area contributed by atoms with Gasteiger partial charge in [0.2, 0.25) is 6.79 Å². The SMILES string of the molecule is C/C(=N/OCC(=O)NCc1ccccc1CN(C)C)c1ccc2c(c1)OCO2. The van der Waals surface area contributed by atoms with Crippen LogP contribution in [0.15, 0.2) is 47.6 Å². The first kappa shape index (κ1) is 19.7. The molecule has 7 nitrogen and oxygen atoms in total. The molecule has 7 heteroatoms. The van der Waals surface area contributed by atoms with E-state index in [1.165, 1.54) is 5.56 Å². The minimum atomic E-state index is -0.220. The van der Waals surface area contributed by atoms with E-state index < -0.39 is 0 Å². The molecule has 1 amide bonds. The standard InChI is InChI=1S/C21H25N3O4/c1-15(16-8-9-19-20(10-16)27-14-26-19)23-28-13-21(25)22-11-17-6-4-5-7-18(17)12-24(2)3/h4-10H,11-14H2,1-3H3,(H,22,25)/b23-15-. The number of oxime groups is 1. The number of benzene rings is 2. The lowest BCUT2D eigenvalue weighted by atomic mass is 10.1. The second-order valence-electron chi connectivity index (χ2n) is 6.80. The molecule has 2 aromatic rings. The highest BCUT2D eigenvalue weighted by atomic mass is 16.7. The van der Waals surface area contributed by atoms with Crippen molar-refractivity contribution in [3.8, 4) is 11.5 Å². The summed E-state index contributed by atoms with van der Waals surface area (Å²) in [5.74, 6) is 1.18. The van der Waals surface area contributed by atoms with Gasteiger partial charge in [0.1, 0.15) is 0 Å². The van der Waals surface area contributed by atoms with E-state index in [0.29, 0.717) is 23.8 Å². The summed E-state index contributed by atoms with van der Waals surface area (Å²) >= 11 is 0. The van der Waals surface area contributed by atoms with Crippen LogP contribution in [0, 0.1) is 0 Å². The molecule has 1 aliphatic heterocycles. The highest BCUT2D eigenvalue weighted by molar-refractivity contribution is 5.99. The van der Waals surface area contributed by atoms with E-state index in [9.17, 15) is 4.79 Å². The number of rotatable bonds is 8. The number of fused-ring (bicyclic) bond motifs is 1. The summed E-state index contributed by atoms with van der Waals surface area (Å²) in [5.41, 5.74) is 3.78. The van der Waals surface area contributed by atoms with Gasteiger partial charge in [-0.05, 0) is 50.3 Å². The van der Waals surface area contributed by atoms with Gasteiger partial charge in [-0.15, -0.1) is 0 Å². The van der Waals surface area contributed by atoms with Crippen LogP contribution >= 0.6 is 0 Å². The third-order valence-electron chi connectivity index (χ3n) is 4.27. The van der Waals surface area contributed by atoms with Gasteiger partial charge in [0, 0.05) is 18.7 Å². The molecular weight excluding hydrogens is 358 g/mol. The molecule has 0 spiro atoms. The average Bonchev–Trinajstić information content (AvgIpc) is 3.14. The molecule has 3 rings (SSSR count). The van der Waals surface area contributed by atoms with Crippen molar-refractivity contribution in [2.24, 2.45) is 5.16 Å². The number of hydrogen-bond donors (Lipinski definition) is 1. The summed E-state index contributed by atoms with van der Waals surface area (Å²) in [7, 11) is 4.04. The van der Waals surface area contributed by atoms with Gasteiger partial charge in [-0.2, -0.15) is 0 Å². The molecule has 0 fully saturated rings. The minimum Gasteiger partial charge on any atom is -0.454 e. The molecule has 0 saturated heterocycles. The van der Waals surface area contributed by atoms with E-state index in [1.807, 2.05) is 57.4 Å². The number of nitrogens with zero attached hydrogens (tertiary/aromatic N) is 2. The molecule has 0 aromatic heterocycles. The third-order valence-corrected chi connectivity index (χ3v) is 4.27. The van der Waals surface area contributed by atoms with Crippen LogP contribution in [-0.4, -0.2) is 44.0 Å². The smallest absolute Gasteiger partial charge is 0.261 e. The van der Waals surface area contributed by atoms with E-state index in [-0.39, 0.29) is 19.3 Å². The zero-order chi connectivity index (χ0) is 19.9. The van der Waals surface area contributed by atoms with Gasteiger partial charge in [-0.3, -0.25) is 4.79 Å². The zero-order valence-electron chi connectivity index (χ0n) is 16.4. The van der Waals surface area contributed by atoms with E-state index in [0.717, 1.165) is 17.7 Å². The molecule has 0 unspecified atom stereocenters. The Bertz CT molecular complexity index is 864. The normalized spacial score (nSPS) is 12.9. The quantitative estimate of drug-likeness (QED) is 0.560. The lowest BCUT2D eigenvalue weighted by Crippen LogP contribution is -2.27. The number of ether oxygens (including phenoxy) is 2. The van der Waals surface area contributed by atoms with Crippen molar-refractivity contribution < 1.29 is 19.1 Å². The molecule has 1 aliphatic rings. The molecule has 0 bridgehead atoms. The van der Waals surface area contributed by atoms with Crippen LogP contribution in [0.1, 0.15) is 23.6 Å². The van der Waals surface area contributed by atoms with Gasteiger partial charge >= 0.3 is 0 Å². The van der Waals surface area contributed by atoms with Crippen molar-refractivity contribution in [1.82, 2.24) is 10.2 Å². The Morgan fingerprint density at radius 3 is 2.68 bits per heavy atom. The average molecular weight is 383 g/mol. The molecule has 0 atom stereocenters. The van der Waals surface area contributed by atoms with Crippen molar-refractivity contribution in [2.75, 3.05) is 27.5 Å². The first-order valence-electron chi connectivity index (χ1n) is 9.07. The fraction of sp³-hybridized carbons (Fsp3) is 0.333. The third kappa shape index (κ3) is 5.23. The van der Waals surface area contributed by atoms with Gasteiger partial charge < -0.3 is 24.5 Å². The molecule has 1 N–H and O–H groups in total. The fourth-order valence-corrected chi connectivity index (χ4v) is 2.83. The number of amides is 1. The van der Waals surface area contributed by atoms with E-state index in [4.69, 9.17) is 14.3 Å². The van der Waals surface area contributed by atoms with Gasteiger partial charge in [-0.1, -0.05) is 29.4 Å². The number of hydrogen-bond acceptors (Lipinski definition) is 6. The fourth-order valence-electron chi connectivity index (χ4n) is 2.83. The Balaban J connectivity index is 1.49. The molecule has 28 heavy (non-hydrogen) atoms. The molecule has 0 aliphatic carbocycles. The Hall–Kier alpha value is -3.06. The van der Waals surface area contributed by atoms with Crippen molar-refractivity contribution >= 4 is 11.6 Å². The van der Waals surface area contributed by atoms with Crippen LogP contribution in [-0.2, 0) is 22.7 Å². The summed E-state index contributed by atoms with van der Waals surface area (Å²) in [4.78, 5) is 19.4. The maximum Gasteiger partial charge on any atom is 0.261 e. The summed E-state index contributed by atoms with van der Waals surface area (Å²) in [6.45, 7) is 3.17. The Labute approximate surface area is 164 Å². The lowest BCUT2D eigenvalue weighted by molar-refractivity contribution is -0.125. The van der Waals surface area contributed by atoms with Crippen LogP contribution in [0.4, 0.5) is 0 Å². The van der Waals surface area contributed by atoms with Crippen LogP contribution in [0.5, 0.6) is 11.5 Å². The minimum absolute atomic E-state index is 0.141. The van der Waals surface area contributed by atoms with Gasteiger partial charge in [0.05, 0.1) is 5.71 Å². The van der Waals surface area contributed by atoms with E-state index >= 15 is 0 Å². The predicted octanol–water partition coefficient (Wildman–Crippen LogP) is 2.53. The van der Waals surface area contributed by atoms with Crippen molar-refractivity contribution in [3.63, 3.8) is 0 Å². The zero-order valence-corrected chi connectivity index (χ0v) is 16.4. The highest BCUT2D eigenvalue weighted by Crippen LogP contribution is 2.32. The lowest BCUT2D eigenvalue weighted by Gasteiger charge is -2.14. The first-order valence-corrected chi connectivity index (χ1v) is 9.07. The van der Waals surface area contributed by atoms with Gasteiger partial charge in [0.25, 0.3) is 5.91 Å². The summed E-state index contributed by atoms with van der Waals surface area (Å²) < 4.78 is 10.6. The number of carbonyl (C=O) groups excluding carboxylic acids is 1. The summed E-state index contributed by atoms with van der Waals surface area (Å²) in [5, 5.41) is 6.90. The molecule has 0 radical (unpaired) electrons. The maximum absolute atomic E-state index is 12.1. The predicted molar refractivity (Wildman–Crippen MR) is 106 cm³/mol. The van der Waals surface area contributed by atoms with Crippen LogP contribution in [0.25, 0.3) is 0 Å². The second kappa shape index (κ2) is 9.23. The first-order chi connectivity index (χ1) is 13.5. The van der Waals surface area contributed by atoms with Crippen molar-refractivity contribution in [1.29, 1.82) is 0 Å². The highest BCUT2D eigenvalue weighted by Gasteiger charge is 2.14. The second-order valence-corrected chi connectivity index (χ2v) is 6.80. The topological polar surface area (TPSA) is 72.4 Å². The largest absolute Gasteiger partial charge is 0.454 e. The Morgan fingerprint density at radius 2 is 1.89 bits per heavy atom. The Morgan fingerprint density at radius 1 is 1.14 bits per heavy atom. The van der Waals surface area contributed by atoms with E-state index in [1.54, 1.807) is 0 Å². The maximum atomic E-state index is 12.1. The van der Waals surface area contributed by atoms with Crippen molar-refractivity contribution in [2.45, 2.75) is 20.0 Å². The van der Waals surface area contributed by atoms with E-state index in [2.05, 4.69) is 21.4 Å². The van der Waals surface area contributed by atoms with Gasteiger partial charge in [-0.25, -0.2) is 0 Å². The number of carbonyl (C=O) groups is 1. The van der Waals surface area contributed by atoms with Gasteiger partial charge in [0.15, 0.2) is 18.1 Å². The molecule has 148 valence electrons. The summed E-state index contributed by atoms with van der Waals surface area (Å²) in [6, 6.07) is 13.6. The molecule has 1 heterocycles. The van der Waals surface area contributed by atoms with Crippen molar-refractivity contribution in [3.05, 3.63) is 59.2 Å². The number of nitrogens with one attached hydrogen (secondary N) is 1. The molecular formula is C21H25N3O4.